The molecular formula is C9H8N2OS2. The summed E-state index contributed by atoms with van der Waals surface area (Å²) in [5, 5.41) is 3.85. The van der Waals surface area contributed by atoms with E-state index in [2.05, 4.69) is 22.8 Å². The Hall–Kier alpha value is -1.07. The van der Waals surface area contributed by atoms with Crippen molar-refractivity contribution in [2.24, 2.45) is 0 Å². The minimum Gasteiger partial charge on any atom is -0.334 e. The van der Waals surface area contributed by atoms with Gasteiger partial charge in [-0.2, -0.15) is 4.98 Å². The molecule has 0 saturated heterocycles. The molecule has 0 unspecified atom stereocenters. The third-order valence-electron chi connectivity index (χ3n) is 1.62. The summed E-state index contributed by atoms with van der Waals surface area (Å²) >= 11 is 3.36. The van der Waals surface area contributed by atoms with Crippen LogP contribution in [0.5, 0.6) is 0 Å². The van der Waals surface area contributed by atoms with E-state index in [1.807, 2.05) is 12.3 Å². The van der Waals surface area contributed by atoms with E-state index < -0.39 is 0 Å². The van der Waals surface area contributed by atoms with Gasteiger partial charge < -0.3 is 4.52 Å². The van der Waals surface area contributed by atoms with E-state index in [1.54, 1.807) is 29.2 Å². The summed E-state index contributed by atoms with van der Waals surface area (Å²) in [6.07, 6.45) is 3.58. The van der Waals surface area contributed by atoms with Crippen molar-refractivity contribution in [2.45, 2.75) is 4.21 Å². The van der Waals surface area contributed by atoms with Crippen molar-refractivity contribution in [1.29, 1.82) is 0 Å². The Balaban J connectivity index is 2.33. The summed E-state index contributed by atoms with van der Waals surface area (Å²) in [5.41, 5.74) is 0. The smallest absolute Gasteiger partial charge is 0.250 e. The molecule has 0 saturated carbocycles. The van der Waals surface area contributed by atoms with E-state index in [4.69, 9.17) is 4.52 Å². The van der Waals surface area contributed by atoms with Gasteiger partial charge in [-0.05, 0) is 24.5 Å². The molecule has 5 heteroatoms. The number of rotatable bonds is 3. The molecule has 14 heavy (non-hydrogen) atoms. The number of thioether (sulfide) groups is 1. The zero-order valence-electron chi connectivity index (χ0n) is 7.56. The Bertz CT molecular complexity index is 447. The molecule has 2 rings (SSSR count). The van der Waals surface area contributed by atoms with Crippen LogP contribution in [0, 0.1) is 0 Å². The average Bonchev–Trinajstić information content (AvgIpc) is 2.86. The van der Waals surface area contributed by atoms with Crippen molar-refractivity contribution < 1.29 is 4.52 Å². The molecule has 0 aliphatic rings. The van der Waals surface area contributed by atoms with E-state index in [1.165, 1.54) is 4.21 Å². The van der Waals surface area contributed by atoms with Crippen molar-refractivity contribution in [3.8, 4) is 10.7 Å². The van der Waals surface area contributed by atoms with Crippen molar-refractivity contribution >= 4 is 29.2 Å². The fourth-order valence-electron chi connectivity index (χ4n) is 0.968. The van der Waals surface area contributed by atoms with Crippen molar-refractivity contribution in [2.75, 3.05) is 6.26 Å². The molecule has 0 aromatic carbocycles. The number of aromatic nitrogens is 2. The van der Waals surface area contributed by atoms with Gasteiger partial charge in [-0.15, -0.1) is 23.1 Å². The van der Waals surface area contributed by atoms with Gasteiger partial charge in [0, 0.05) is 0 Å². The van der Waals surface area contributed by atoms with Crippen LogP contribution in [0.2, 0.25) is 0 Å². The topological polar surface area (TPSA) is 38.9 Å². The summed E-state index contributed by atoms with van der Waals surface area (Å²) in [6.45, 7) is 3.56. The van der Waals surface area contributed by atoms with Crippen LogP contribution in [-0.2, 0) is 0 Å². The van der Waals surface area contributed by atoms with Gasteiger partial charge in [0.05, 0.1) is 9.09 Å². The van der Waals surface area contributed by atoms with Crippen molar-refractivity contribution in [3.63, 3.8) is 0 Å². The maximum atomic E-state index is 4.93. The summed E-state index contributed by atoms with van der Waals surface area (Å²) in [5.74, 6) is 1.09. The third kappa shape index (κ3) is 1.73. The first-order chi connectivity index (χ1) is 6.83. The molecule has 0 aliphatic heterocycles. The lowest BCUT2D eigenvalue weighted by Crippen LogP contribution is -1.73. The monoisotopic (exact) mass is 224 g/mol. The van der Waals surface area contributed by atoms with Gasteiger partial charge in [-0.25, -0.2) is 0 Å². The lowest BCUT2D eigenvalue weighted by molar-refractivity contribution is 0.411. The fourth-order valence-corrected chi connectivity index (χ4v) is 2.44. The molecule has 0 spiro atoms. The Morgan fingerprint density at radius 2 is 2.43 bits per heavy atom. The first-order valence-corrected chi connectivity index (χ1v) is 5.98. The highest BCUT2D eigenvalue weighted by Crippen LogP contribution is 2.31. The minimum atomic E-state index is 0.458. The Morgan fingerprint density at radius 3 is 3.00 bits per heavy atom. The predicted molar refractivity (Wildman–Crippen MR) is 59.5 cm³/mol. The maximum Gasteiger partial charge on any atom is 0.250 e. The number of thiophene rings is 1. The molecule has 0 atom stereocenters. The highest BCUT2D eigenvalue weighted by molar-refractivity contribution is 8.00. The molecule has 0 bridgehead atoms. The summed E-state index contributed by atoms with van der Waals surface area (Å²) < 4.78 is 6.17. The first-order valence-electron chi connectivity index (χ1n) is 3.94. The molecule has 0 aliphatic carbocycles. The summed E-state index contributed by atoms with van der Waals surface area (Å²) in [6, 6.07) is 4.04. The second-order valence-corrected chi connectivity index (χ2v) is 4.67. The van der Waals surface area contributed by atoms with Crippen LogP contribution < -0.4 is 0 Å². The number of hydrogen-bond donors (Lipinski definition) is 0. The van der Waals surface area contributed by atoms with Crippen molar-refractivity contribution in [1.82, 2.24) is 10.1 Å². The molecule has 3 nitrogen and oxygen atoms in total. The van der Waals surface area contributed by atoms with Gasteiger partial charge in [-0.1, -0.05) is 11.7 Å². The standard InChI is InChI=1S/C9H8N2OS2/c1-3-7-10-9(11-12-7)6-4-5-8(13-2)14-6/h3-5H,1H2,2H3. The van der Waals surface area contributed by atoms with E-state index in [-0.39, 0.29) is 0 Å². The number of hydrogen-bond acceptors (Lipinski definition) is 5. The van der Waals surface area contributed by atoms with Crippen LogP contribution in [0.1, 0.15) is 5.89 Å². The summed E-state index contributed by atoms with van der Waals surface area (Å²) in [7, 11) is 0. The fraction of sp³-hybridized carbons (Fsp3) is 0.111. The average molecular weight is 224 g/mol. The molecule has 0 amide bonds. The molecule has 0 radical (unpaired) electrons. The highest BCUT2D eigenvalue weighted by Gasteiger charge is 2.08. The van der Waals surface area contributed by atoms with Gasteiger partial charge in [0.2, 0.25) is 11.7 Å². The molecule has 2 aromatic rings. The van der Waals surface area contributed by atoms with Crippen molar-refractivity contribution in [3.05, 3.63) is 24.6 Å². The van der Waals surface area contributed by atoms with E-state index in [9.17, 15) is 0 Å². The van der Waals surface area contributed by atoms with Crippen LogP contribution in [-0.4, -0.2) is 16.4 Å². The quantitative estimate of drug-likeness (QED) is 0.751. The lowest BCUT2D eigenvalue weighted by Gasteiger charge is -1.84. The maximum absolute atomic E-state index is 4.93. The van der Waals surface area contributed by atoms with Gasteiger partial charge in [-0.3, -0.25) is 0 Å². The van der Waals surface area contributed by atoms with Crippen LogP contribution in [0.3, 0.4) is 0 Å². The molecule has 2 heterocycles. The highest BCUT2D eigenvalue weighted by atomic mass is 32.2. The SMILES string of the molecule is C=Cc1nc(-c2ccc(SC)s2)no1. The van der Waals surface area contributed by atoms with Gasteiger partial charge in [0.1, 0.15) is 0 Å². The van der Waals surface area contributed by atoms with E-state index in [0.717, 1.165) is 4.88 Å². The first kappa shape index (κ1) is 9.48. The molecule has 72 valence electrons. The lowest BCUT2D eigenvalue weighted by atomic mass is 10.4. The van der Waals surface area contributed by atoms with Crippen LogP contribution in [0.25, 0.3) is 16.8 Å². The Kier molecular flexibility index (Phi) is 2.69. The van der Waals surface area contributed by atoms with Crippen LogP contribution in [0.4, 0.5) is 0 Å². The van der Waals surface area contributed by atoms with Gasteiger partial charge in [0.15, 0.2) is 0 Å². The Labute approximate surface area is 89.8 Å². The van der Waals surface area contributed by atoms with E-state index >= 15 is 0 Å². The van der Waals surface area contributed by atoms with Crippen LogP contribution >= 0.6 is 23.1 Å². The largest absolute Gasteiger partial charge is 0.334 e. The Morgan fingerprint density at radius 1 is 1.57 bits per heavy atom. The van der Waals surface area contributed by atoms with Crippen LogP contribution in [0.15, 0.2) is 27.4 Å². The molecule has 2 aromatic heterocycles. The molecule has 0 fully saturated rings. The predicted octanol–water partition coefficient (Wildman–Crippen LogP) is 3.16. The third-order valence-corrected chi connectivity index (χ3v) is 3.78. The minimum absolute atomic E-state index is 0.458. The van der Waals surface area contributed by atoms with Gasteiger partial charge in [0.25, 0.3) is 0 Å². The zero-order valence-corrected chi connectivity index (χ0v) is 9.19. The normalized spacial score (nSPS) is 10.4. The van der Waals surface area contributed by atoms with Gasteiger partial charge >= 0.3 is 0 Å². The zero-order chi connectivity index (χ0) is 9.97. The molecule has 0 N–H and O–H groups in total. The number of nitrogens with zero attached hydrogens (tertiary/aromatic N) is 2. The second-order valence-electron chi connectivity index (χ2n) is 2.48. The molecular weight excluding hydrogens is 216 g/mol. The van der Waals surface area contributed by atoms with E-state index in [0.29, 0.717) is 11.7 Å². The second kappa shape index (κ2) is 3.98. The summed E-state index contributed by atoms with van der Waals surface area (Å²) in [4.78, 5) is 5.17.